The van der Waals surface area contributed by atoms with E-state index in [-0.39, 0.29) is 30.1 Å². The van der Waals surface area contributed by atoms with Crippen molar-refractivity contribution in [1.82, 2.24) is 14.7 Å². The van der Waals surface area contributed by atoms with Crippen molar-refractivity contribution in [2.24, 2.45) is 0 Å². The highest BCUT2D eigenvalue weighted by molar-refractivity contribution is 5.74. The van der Waals surface area contributed by atoms with E-state index in [4.69, 9.17) is 4.74 Å². The first-order valence-electron chi connectivity index (χ1n) is 11.3. The molecule has 162 valence electrons. The molecule has 0 aromatic rings. The lowest BCUT2D eigenvalue weighted by Crippen LogP contribution is -2.52. The monoisotopic (exact) mass is 395 g/mol. The van der Waals surface area contributed by atoms with Crippen LogP contribution in [0.4, 0.5) is 4.79 Å². The van der Waals surface area contributed by atoms with Crippen LogP contribution in [0.5, 0.6) is 0 Å². The molecule has 2 saturated heterocycles. The number of nitrogens with zero attached hydrogens (tertiary/aromatic N) is 3. The third-order valence-corrected chi connectivity index (χ3v) is 6.61. The van der Waals surface area contributed by atoms with Crippen LogP contribution in [0.25, 0.3) is 0 Å². The summed E-state index contributed by atoms with van der Waals surface area (Å²) in [6.07, 6.45) is 6.16. The van der Waals surface area contributed by atoms with Crippen LogP contribution in [-0.4, -0.2) is 76.6 Å². The third-order valence-electron chi connectivity index (χ3n) is 6.61. The zero-order chi connectivity index (χ0) is 20.8. The maximum atomic E-state index is 12.4. The van der Waals surface area contributed by atoms with Crippen molar-refractivity contribution in [2.75, 3.05) is 19.7 Å². The van der Waals surface area contributed by atoms with Gasteiger partial charge in [-0.25, -0.2) is 4.79 Å². The molecule has 2 rings (SSSR count). The van der Waals surface area contributed by atoms with Gasteiger partial charge in [0.1, 0.15) is 0 Å². The Bertz CT molecular complexity index is 517. The molecule has 0 radical (unpaired) electrons. The van der Waals surface area contributed by atoms with Crippen molar-refractivity contribution in [1.29, 1.82) is 0 Å². The molecule has 2 heterocycles. The summed E-state index contributed by atoms with van der Waals surface area (Å²) in [5.41, 5.74) is 0. The number of hydrogen-bond acceptors (Lipinski definition) is 4. The highest BCUT2D eigenvalue weighted by atomic mass is 16.6. The zero-order valence-electron chi connectivity index (χ0n) is 18.8. The van der Waals surface area contributed by atoms with Crippen molar-refractivity contribution in [3.8, 4) is 0 Å². The molecule has 0 aromatic heterocycles. The summed E-state index contributed by atoms with van der Waals surface area (Å²) in [5, 5.41) is 0. The fourth-order valence-corrected chi connectivity index (χ4v) is 5.29. The van der Waals surface area contributed by atoms with Gasteiger partial charge in [0.15, 0.2) is 0 Å². The SMILES string of the molecule is CCOC(=O)N1C(C)CCC1CC(CC)N1CCC(N(C(C)=O)C(C)C)CC1. The second kappa shape index (κ2) is 10.5. The first-order chi connectivity index (χ1) is 13.3. The minimum Gasteiger partial charge on any atom is -0.450 e. The number of hydrogen-bond donors (Lipinski definition) is 0. The number of carbonyl (C=O) groups excluding carboxylic acids is 2. The maximum Gasteiger partial charge on any atom is 0.410 e. The van der Waals surface area contributed by atoms with Gasteiger partial charge in [0, 0.05) is 50.2 Å². The number of amides is 2. The summed E-state index contributed by atoms with van der Waals surface area (Å²) in [5.74, 6) is 0.186. The van der Waals surface area contributed by atoms with Crippen molar-refractivity contribution in [2.45, 2.75) is 110 Å². The van der Waals surface area contributed by atoms with Crippen molar-refractivity contribution in [3.05, 3.63) is 0 Å². The quantitative estimate of drug-likeness (QED) is 0.656. The molecule has 3 unspecified atom stereocenters. The Kier molecular flexibility index (Phi) is 8.59. The lowest BCUT2D eigenvalue weighted by atomic mass is 9.96. The lowest BCUT2D eigenvalue weighted by molar-refractivity contribution is -0.134. The molecule has 2 aliphatic heterocycles. The Morgan fingerprint density at radius 3 is 2.25 bits per heavy atom. The van der Waals surface area contributed by atoms with Crippen LogP contribution in [0, 0.1) is 0 Å². The van der Waals surface area contributed by atoms with Crippen LogP contribution in [-0.2, 0) is 9.53 Å². The smallest absolute Gasteiger partial charge is 0.410 e. The molecular weight excluding hydrogens is 354 g/mol. The van der Waals surface area contributed by atoms with E-state index >= 15 is 0 Å². The first-order valence-corrected chi connectivity index (χ1v) is 11.3. The average molecular weight is 396 g/mol. The van der Waals surface area contributed by atoms with E-state index < -0.39 is 0 Å². The van der Waals surface area contributed by atoms with Gasteiger partial charge >= 0.3 is 6.09 Å². The number of likely N-dealkylation sites (tertiary alicyclic amines) is 2. The average Bonchev–Trinajstić information content (AvgIpc) is 3.00. The van der Waals surface area contributed by atoms with Gasteiger partial charge in [0.25, 0.3) is 0 Å². The van der Waals surface area contributed by atoms with E-state index in [1.165, 1.54) is 0 Å². The van der Waals surface area contributed by atoms with Gasteiger partial charge in [-0.05, 0) is 66.2 Å². The van der Waals surface area contributed by atoms with E-state index in [0.717, 1.165) is 51.6 Å². The minimum absolute atomic E-state index is 0.153. The summed E-state index contributed by atoms with van der Waals surface area (Å²) in [6.45, 7) is 14.6. The zero-order valence-corrected chi connectivity index (χ0v) is 18.8. The highest BCUT2D eigenvalue weighted by Gasteiger charge is 2.38. The molecule has 6 heteroatoms. The third kappa shape index (κ3) is 5.40. The molecular formula is C22H41N3O3. The summed E-state index contributed by atoms with van der Waals surface area (Å²) < 4.78 is 5.31. The van der Waals surface area contributed by atoms with Gasteiger partial charge in [-0.15, -0.1) is 0 Å². The van der Waals surface area contributed by atoms with Crippen LogP contribution in [0.2, 0.25) is 0 Å². The molecule has 2 amide bonds. The summed E-state index contributed by atoms with van der Waals surface area (Å²) in [7, 11) is 0. The van der Waals surface area contributed by atoms with E-state index in [2.05, 4.69) is 37.5 Å². The molecule has 0 bridgehead atoms. The Hall–Kier alpha value is -1.30. The fraction of sp³-hybridized carbons (Fsp3) is 0.909. The molecule has 3 atom stereocenters. The highest BCUT2D eigenvalue weighted by Crippen LogP contribution is 2.31. The molecule has 2 aliphatic rings. The Balaban J connectivity index is 1.95. The number of ether oxygens (including phenoxy) is 1. The lowest BCUT2D eigenvalue weighted by Gasteiger charge is -2.43. The maximum absolute atomic E-state index is 12.4. The molecule has 0 N–H and O–H groups in total. The summed E-state index contributed by atoms with van der Waals surface area (Å²) >= 11 is 0. The van der Waals surface area contributed by atoms with Crippen LogP contribution in [0.15, 0.2) is 0 Å². The standard InChI is InChI=1S/C22H41N3O3/c1-7-19(15-21-10-9-17(5)25(21)22(27)28-8-2)23-13-11-20(12-14-23)24(16(3)4)18(6)26/h16-17,19-21H,7-15H2,1-6H3. The fourth-order valence-electron chi connectivity index (χ4n) is 5.29. The number of piperidine rings is 1. The molecule has 28 heavy (non-hydrogen) atoms. The first kappa shape index (κ1) is 23.0. The molecule has 2 fully saturated rings. The van der Waals surface area contributed by atoms with Gasteiger partial charge in [0.05, 0.1) is 6.61 Å². The largest absolute Gasteiger partial charge is 0.450 e. The molecule has 0 aliphatic carbocycles. The van der Waals surface area contributed by atoms with Crippen LogP contribution in [0.1, 0.15) is 80.1 Å². The Morgan fingerprint density at radius 1 is 1.11 bits per heavy atom. The van der Waals surface area contributed by atoms with E-state index in [0.29, 0.717) is 18.7 Å². The van der Waals surface area contributed by atoms with E-state index in [1.54, 1.807) is 6.92 Å². The Morgan fingerprint density at radius 2 is 1.75 bits per heavy atom. The summed E-state index contributed by atoms with van der Waals surface area (Å²) in [4.78, 5) is 31.1. The molecule has 0 aromatic carbocycles. The predicted molar refractivity (Wildman–Crippen MR) is 112 cm³/mol. The van der Waals surface area contributed by atoms with Crippen LogP contribution < -0.4 is 0 Å². The van der Waals surface area contributed by atoms with Crippen LogP contribution in [0.3, 0.4) is 0 Å². The van der Waals surface area contributed by atoms with Crippen molar-refractivity contribution >= 4 is 12.0 Å². The molecule has 6 nitrogen and oxygen atoms in total. The van der Waals surface area contributed by atoms with Crippen LogP contribution >= 0.6 is 0 Å². The second-order valence-electron chi connectivity index (χ2n) is 8.77. The predicted octanol–water partition coefficient (Wildman–Crippen LogP) is 3.89. The summed E-state index contributed by atoms with van der Waals surface area (Å²) in [6, 6.07) is 1.64. The second-order valence-corrected chi connectivity index (χ2v) is 8.77. The van der Waals surface area contributed by atoms with Gasteiger partial charge in [0.2, 0.25) is 5.91 Å². The van der Waals surface area contributed by atoms with E-state index in [9.17, 15) is 9.59 Å². The molecule has 0 spiro atoms. The van der Waals surface area contributed by atoms with Crippen molar-refractivity contribution < 1.29 is 14.3 Å². The molecule has 0 saturated carbocycles. The normalized spacial score (nSPS) is 25.2. The van der Waals surface area contributed by atoms with Gasteiger partial charge in [-0.3, -0.25) is 4.79 Å². The number of carbonyl (C=O) groups is 2. The number of rotatable bonds is 7. The minimum atomic E-state index is -0.153. The van der Waals surface area contributed by atoms with Gasteiger partial charge < -0.3 is 19.4 Å². The van der Waals surface area contributed by atoms with Crippen molar-refractivity contribution in [3.63, 3.8) is 0 Å². The Labute approximate surface area is 171 Å². The topological polar surface area (TPSA) is 53.1 Å². The van der Waals surface area contributed by atoms with E-state index in [1.807, 2.05) is 11.8 Å². The van der Waals surface area contributed by atoms with Gasteiger partial charge in [-0.2, -0.15) is 0 Å². The van der Waals surface area contributed by atoms with Gasteiger partial charge in [-0.1, -0.05) is 6.92 Å².